The first-order valence-electron chi connectivity index (χ1n) is 20.7. The molecule has 330 valence electrons. The second-order valence-electron chi connectivity index (χ2n) is 15.2. The number of aldehydes is 2. The Morgan fingerprint density at radius 2 is 1.07 bits per heavy atom. The summed E-state index contributed by atoms with van der Waals surface area (Å²) in [5.41, 5.74) is 1.83. The van der Waals surface area contributed by atoms with Crippen molar-refractivity contribution in [2.24, 2.45) is 0 Å². The Morgan fingerprint density at radius 1 is 0.612 bits per heavy atom. The molecule has 0 aliphatic heterocycles. The quantitative estimate of drug-likeness (QED) is 0.102. The maximum absolute atomic E-state index is 10.8. The lowest BCUT2D eigenvalue weighted by Crippen LogP contribution is -2.18. The highest BCUT2D eigenvalue weighted by Gasteiger charge is 2.15. The summed E-state index contributed by atoms with van der Waals surface area (Å²) in [7, 11) is 5.97. The summed E-state index contributed by atoms with van der Waals surface area (Å²) < 4.78 is 13.0. The second-order valence-corrected chi connectivity index (χ2v) is 21.8. The molecule has 11 aromatic rings. The van der Waals surface area contributed by atoms with Gasteiger partial charge < -0.3 is 29.2 Å². The molecule has 0 aliphatic rings. The normalized spacial score (nSPS) is 11.3. The monoisotopic (exact) mass is 987 g/mol. The minimum atomic E-state index is 0.349. The number of anilines is 3. The number of nitrogens with zero attached hydrogens (tertiary/aromatic N) is 6. The van der Waals surface area contributed by atoms with Crippen LogP contribution < -0.4 is 15.1 Å². The molecule has 0 aliphatic carbocycles. The van der Waals surface area contributed by atoms with Crippen molar-refractivity contribution in [3.05, 3.63) is 152 Å². The van der Waals surface area contributed by atoms with Crippen LogP contribution in [-0.4, -0.2) is 64.9 Å². The second kappa shape index (κ2) is 19.9. The van der Waals surface area contributed by atoms with E-state index in [4.69, 9.17) is 24.1 Å². The third kappa shape index (κ3) is 9.80. The van der Waals surface area contributed by atoms with Gasteiger partial charge in [0.25, 0.3) is 0 Å². The fourth-order valence-electron chi connectivity index (χ4n) is 7.33. The molecular weight excluding hydrogens is 951 g/mol. The molecule has 0 unspecified atom stereocenters. The Kier molecular flexibility index (Phi) is 13.4. The van der Waals surface area contributed by atoms with Gasteiger partial charge in [-0.2, -0.15) is 0 Å². The Hall–Kier alpha value is -6.94. The maximum Gasteiger partial charge on any atom is 0.249 e. The number of carbonyl (C=O) groups excluding carboxylic acids is 2. The van der Waals surface area contributed by atoms with E-state index in [1.807, 2.05) is 63.6 Å². The van der Waals surface area contributed by atoms with Crippen LogP contribution in [0, 0.1) is 19.7 Å². The van der Waals surface area contributed by atoms with Gasteiger partial charge >= 0.3 is 0 Å². The van der Waals surface area contributed by atoms with Crippen molar-refractivity contribution in [3.63, 3.8) is 0 Å². The number of oxazole rings is 1. The first kappa shape index (κ1) is 45.2. The number of rotatable bonds is 11. The van der Waals surface area contributed by atoms with Crippen LogP contribution >= 0.6 is 68.0 Å². The van der Waals surface area contributed by atoms with E-state index in [-0.39, 0.29) is 0 Å². The van der Waals surface area contributed by atoms with Gasteiger partial charge in [-0.25, -0.2) is 23.0 Å². The topological polar surface area (TPSA) is 91.8 Å². The average molecular weight is 988 g/mol. The zero-order valence-corrected chi connectivity index (χ0v) is 41.1. The Bertz CT molecular complexity index is 3620. The third-order valence-corrected chi connectivity index (χ3v) is 17.4. The van der Waals surface area contributed by atoms with E-state index in [9.17, 15) is 9.59 Å². The first-order chi connectivity index (χ1) is 32.6. The molecule has 0 radical (unpaired) electrons. The lowest BCUT2D eigenvalue weighted by atomic mass is 10.2. The summed E-state index contributed by atoms with van der Waals surface area (Å²) in [4.78, 5) is 43.3. The van der Waals surface area contributed by atoms with Crippen LogP contribution in [0.2, 0.25) is 0 Å². The molecule has 0 atom stereocenters. The highest BCUT2D eigenvalue weighted by molar-refractivity contribution is 7.25. The predicted octanol–water partition coefficient (Wildman–Crippen LogP) is 15.3. The molecule has 7 heterocycles. The van der Waals surface area contributed by atoms with Gasteiger partial charge in [-0.15, -0.1) is 68.0 Å². The van der Waals surface area contributed by atoms with E-state index in [0.717, 1.165) is 66.7 Å². The Labute approximate surface area is 409 Å². The highest BCUT2D eigenvalue weighted by atomic mass is 32.1. The van der Waals surface area contributed by atoms with E-state index in [1.165, 1.54) is 66.0 Å². The summed E-state index contributed by atoms with van der Waals surface area (Å²) >= 11 is 9.93. The Balaban J connectivity index is 0.000000134. The predicted molar refractivity (Wildman–Crippen MR) is 290 cm³/mol. The molecule has 10 nitrogen and oxygen atoms in total. The minimum absolute atomic E-state index is 0.349. The lowest BCUT2D eigenvalue weighted by molar-refractivity contribution is 0.111. The molecule has 0 spiro atoms. The minimum Gasteiger partial charge on any atom is -0.447 e. The van der Waals surface area contributed by atoms with Crippen LogP contribution in [0.5, 0.6) is 0 Å². The number of hydrogen-bond acceptors (Lipinski definition) is 13. The van der Waals surface area contributed by atoms with E-state index < -0.39 is 0 Å². The summed E-state index contributed by atoms with van der Waals surface area (Å²) in [6.07, 6.45) is 3.67. The van der Waals surface area contributed by atoms with Gasteiger partial charge in [-0.1, -0.05) is 12.1 Å². The fourth-order valence-corrected chi connectivity index (χ4v) is 13.5. The number of hydrogen-bond donors (Lipinski definition) is 1. The van der Waals surface area contributed by atoms with E-state index in [0.29, 0.717) is 30.3 Å². The summed E-state index contributed by atoms with van der Waals surface area (Å²) in [6.45, 7) is 23.9. The van der Waals surface area contributed by atoms with Crippen LogP contribution in [0.15, 0.2) is 101 Å². The Morgan fingerprint density at radius 3 is 1.57 bits per heavy atom. The summed E-state index contributed by atoms with van der Waals surface area (Å²) in [5.74, 6) is 0.349. The molecule has 0 saturated heterocycles. The standard InChI is InChI=1S/C24H16N4OS2.C15H12N2OS2.C12H9NOS2/c1-25-8-9-28(3)23-12-16-10-15-11-17(30-21(15)14-22(16)31-23)13-19(26-2)24-27-18-6-4-5-7-20(18)29-24;1-16-3-4-17(2)15-7-11-5-10-6-12(9-18)19-13(10)8-14(11)20-15;1-13-12-4-8-2-7-3-9(6-14)15-10(7)5-11(8)16-12/h4-7,10-14H,8-9H2,3H3;5-9H,3-4H2,2H3;2-6,13H,1H3/b19-13-;;. The number of para-hydroxylation sites is 2. The van der Waals surface area contributed by atoms with Gasteiger partial charge in [0.1, 0.15) is 5.52 Å². The van der Waals surface area contributed by atoms with E-state index in [2.05, 4.69) is 95.3 Å². The third-order valence-electron chi connectivity index (χ3n) is 10.7. The number of carbonyl (C=O) groups is 2. The molecule has 1 N–H and O–H groups in total. The molecule has 7 aromatic heterocycles. The van der Waals surface area contributed by atoms with E-state index in [1.54, 1.807) is 56.7 Å². The van der Waals surface area contributed by atoms with Crippen molar-refractivity contribution in [2.45, 2.75) is 0 Å². The number of benzene rings is 4. The van der Waals surface area contributed by atoms with Gasteiger partial charge in [0.05, 0.1) is 44.4 Å². The molecule has 67 heavy (non-hydrogen) atoms. The molecule has 0 fully saturated rings. The van der Waals surface area contributed by atoms with Crippen LogP contribution in [-0.2, 0) is 0 Å². The van der Waals surface area contributed by atoms with Crippen molar-refractivity contribution in [3.8, 4) is 0 Å². The number of thiophene rings is 6. The van der Waals surface area contributed by atoms with Crippen molar-refractivity contribution >= 4 is 179 Å². The van der Waals surface area contributed by atoms with Crippen LogP contribution in [0.1, 0.15) is 30.1 Å². The largest absolute Gasteiger partial charge is 0.447 e. The zero-order chi connectivity index (χ0) is 46.6. The van der Waals surface area contributed by atoms with Crippen molar-refractivity contribution in [1.29, 1.82) is 0 Å². The zero-order valence-electron chi connectivity index (χ0n) is 36.2. The number of aromatic nitrogens is 1. The fraction of sp³-hybridized carbons (Fsp3) is 0.137. The van der Waals surface area contributed by atoms with Crippen molar-refractivity contribution < 1.29 is 14.0 Å². The average Bonchev–Trinajstić information content (AvgIpc) is 4.22. The van der Waals surface area contributed by atoms with E-state index >= 15 is 0 Å². The van der Waals surface area contributed by atoms with Gasteiger partial charge in [0.15, 0.2) is 18.2 Å². The molecule has 0 amide bonds. The maximum atomic E-state index is 10.8. The van der Waals surface area contributed by atoms with Gasteiger partial charge in [-0.3, -0.25) is 9.59 Å². The van der Waals surface area contributed by atoms with Crippen molar-refractivity contribution in [2.75, 3.05) is 62.4 Å². The molecule has 4 aromatic carbocycles. The van der Waals surface area contributed by atoms with Crippen molar-refractivity contribution in [1.82, 2.24) is 4.98 Å². The molecule has 11 rings (SSSR count). The SMILES string of the molecule is CNc1cc2cc3cc(C=O)sc3cc2s1.[C-]#[N+]CCN(C)c1cc2cc3cc(/C=C(\[N+]#[C-])c4nc5ccccc5o4)sc3cc2s1.[C-]#[N+]CCN(C)c1cc2cc3cc(C=O)sc3cc2s1. The smallest absolute Gasteiger partial charge is 0.249 e. The van der Waals surface area contributed by atoms with Gasteiger partial charge in [0.2, 0.25) is 24.7 Å². The van der Waals surface area contributed by atoms with Gasteiger partial charge in [-0.05, 0) is 123 Å². The molecule has 16 heteroatoms. The molecule has 0 bridgehead atoms. The first-order valence-corrected chi connectivity index (χ1v) is 25.6. The highest BCUT2D eigenvalue weighted by Crippen LogP contribution is 2.40. The number of nitrogens with one attached hydrogen (secondary N) is 1. The number of likely N-dealkylation sites (N-methyl/N-ethyl adjacent to an activating group) is 2. The number of fused-ring (bicyclic) bond motifs is 7. The molecular formula is C51H37N7O3S6. The van der Waals surface area contributed by atoms with Crippen LogP contribution in [0.25, 0.3) is 97.9 Å². The van der Waals surface area contributed by atoms with Gasteiger partial charge in [0, 0.05) is 54.2 Å². The van der Waals surface area contributed by atoms with Crippen LogP contribution in [0.4, 0.5) is 15.0 Å². The van der Waals surface area contributed by atoms with Crippen LogP contribution in [0.3, 0.4) is 0 Å². The lowest BCUT2D eigenvalue weighted by Gasteiger charge is -2.12. The summed E-state index contributed by atoms with van der Waals surface area (Å²) in [5, 5.41) is 13.7. The summed E-state index contributed by atoms with van der Waals surface area (Å²) in [6, 6.07) is 33.0. The molecule has 0 saturated carbocycles.